The first-order valence-corrected chi connectivity index (χ1v) is 9.63. The number of fused-ring (bicyclic) bond motifs is 3. The van der Waals surface area contributed by atoms with E-state index in [1.807, 2.05) is 24.3 Å². The van der Waals surface area contributed by atoms with Crippen LogP contribution in [0.4, 0.5) is 4.79 Å². The van der Waals surface area contributed by atoms with Crippen molar-refractivity contribution in [3.63, 3.8) is 0 Å². The van der Waals surface area contributed by atoms with Crippen molar-refractivity contribution < 1.29 is 19.4 Å². The highest BCUT2D eigenvalue weighted by Gasteiger charge is 2.31. The Labute approximate surface area is 164 Å². The molecule has 28 heavy (non-hydrogen) atoms. The molecule has 0 bridgehead atoms. The zero-order valence-electron chi connectivity index (χ0n) is 15.9. The van der Waals surface area contributed by atoms with E-state index in [9.17, 15) is 14.7 Å². The highest BCUT2D eigenvalue weighted by molar-refractivity contribution is 5.81. The van der Waals surface area contributed by atoms with Crippen molar-refractivity contribution >= 4 is 12.0 Å². The van der Waals surface area contributed by atoms with Gasteiger partial charge in [0, 0.05) is 32.1 Å². The molecular weight excluding hydrogens is 356 g/mol. The molecule has 1 saturated heterocycles. The van der Waals surface area contributed by atoms with Crippen molar-refractivity contribution in [2.24, 2.45) is 0 Å². The molecule has 4 rings (SSSR count). The van der Waals surface area contributed by atoms with E-state index in [0.717, 1.165) is 0 Å². The molecule has 1 heterocycles. The second-order valence-electron chi connectivity index (χ2n) is 7.29. The molecule has 1 atom stereocenters. The summed E-state index contributed by atoms with van der Waals surface area (Å²) < 4.78 is 5.66. The molecule has 2 aromatic carbocycles. The molecule has 1 N–H and O–H groups in total. The van der Waals surface area contributed by atoms with Crippen LogP contribution in [0.5, 0.6) is 0 Å². The molecule has 0 spiro atoms. The molecule has 1 unspecified atom stereocenters. The maximum Gasteiger partial charge on any atom is 0.409 e. The Morgan fingerprint density at radius 2 is 1.46 bits per heavy atom. The van der Waals surface area contributed by atoms with E-state index in [4.69, 9.17) is 4.74 Å². The van der Waals surface area contributed by atoms with Gasteiger partial charge >= 0.3 is 6.09 Å². The summed E-state index contributed by atoms with van der Waals surface area (Å²) in [5.74, 6) is -0.262. The fourth-order valence-corrected chi connectivity index (χ4v) is 4.06. The van der Waals surface area contributed by atoms with Crippen molar-refractivity contribution in [3.05, 3.63) is 59.7 Å². The van der Waals surface area contributed by atoms with Crippen molar-refractivity contribution in [2.75, 3.05) is 32.8 Å². The van der Waals surface area contributed by atoms with E-state index in [0.29, 0.717) is 32.8 Å². The molecule has 1 aliphatic heterocycles. The number of nitrogens with zero attached hydrogens (tertiary/aromatic N) is 2. The Bertz CT molecular complexity index is 842. The van der Waals surface area contributed by atoms with Crippen LogP contribution in [0, 0.1) is 0 Å². The molecule has 0 radical (unpaired) electrons. The fourth-order valence-electron chi connectivity index (χ4n) is 4.06. The third-order valence-electron chi connectivity index (χ3n) is 5.54. The van der Waals surface area contributed by atoms with Crippen LogP contribution in [0.2, 0.25) is 0 Å². The van der Waals surface area contributed by atoms with Crippen molar-refractivity contribution in [1.29, 1.82) is 0 Å². The monoisotopic (exact) mass is 380 g/mol. The Morgan fingerprint density at radius 3 is 2.00 bits per heavy atom. The van der Waals surface area contributed by atoms with E-state index in [1.165, 1.54) is 29.2 Å². The third kappa shape index (κ3) is 3.36. The Hall–Kier alpha value is -2.86. The van der Waals surface area contributed by atoms with E-state index in [2.05, 4.69) is 24.3 Å². The molecule has 6 heteroatoms. The lowest BCUT2D eigenvalue weighted by molar-refractivity contribution is -0.140. The summed E-state index contributed by atoms with van der Waals surface area (Å²) in [5.41, 5.74) is 4.77. The standard InChI is InChI=1S/C22H24N2O4/c1-15(25)21(26)23-10-12-24(13-11-23)22(27)28-14-20-18-8-4-2-6-16(18)17-7-3-5-9-19(17)20/h2-9,15,20,25H,10-14H2,1H3. The molecule has 0 aromatic heterocycles. The summed E-state index contributed by atoms with van der Waals surface area (Å²) in [6, 6.07) is 16.5. The van der Waals surface area contributed by atoms with Crippen LogP contribution < -0.4 is 0 Å². The molecule has 2 amide bonds. The van der Waals surface area contributed by atoms with Crippen LogP contribution in [0.25, 0.3) is 11.1 Å². The summed E-state index contributed by atoms with van der Waals surface area (Å²) in [5, 5.41) is 9.42. The first kappa shape index (κ1) is 18.5. The minimum Gasteiger partial charge on any atom is -0.448 e. The van der Waals surface area contributed by atoms with Gasteiger partial charge in [0.25, 0.3) is 5.91 Å². The van der Waals surface area contributed by atoms with Crippen LogP contribution >= 0.6 is 0 Å². The number of aliphatic hydroxyl groups excluding tert-OH is 1. The van der Waals surface area contributed by atoms with Gasteiger partial charge in [0.15, 0.2) is 0 Å². The molecule has 2 aliphatic rings. The number of benzene rings is 2. The number of ether oxygens (including phenoxy) is 1. The first-order valence-electron chi connectivity index (χ1n) is 9.63. The van der Waals surface area contributed by atoms with Crippen LogP contribution in [0.15, 0.2) is 48.5 Å². The Kier molecular flexibility index (Phi) is 5.05. The second kappa shape index (κ2) is 7.64. The van der Waals surface area contributed by atoms with Crippen LogP contribution in [-0.4, -0.2) is 65.8 Å². The molecule has 146 valence electrons. The minimum absolute atomic E-state index is 0.0365. The average molecular weight is 380 g/mol. The van der Waals surface area contributed by atoms with E-state index < -0.39 is 6.10 Å². The maximum atomic E-state index is 12.5. The number of hydrogen-bond donors (Lipinski definition) is 1. The lowest BCUT2D eigenvalue weighted by Gasteiger charge is -2.34. The topological polar surface area (TPSA) is 70.1 Å². The van der Waals surface area contributed by atoms with Gasteiger partial charge in [-0.3, -0.25) is 4.79 Å². The number of hydrogen-bond acceptors (Lipinski definition) is 4. The average Bonchev–Trinajstić information content (AvgIpc) is 3.05. The lowest BCUT2D eigenvalue weighted by Crippen LogP contribution is -2.52. The Balaban J connectivity index is 1.39. The van der Waals surface area contributed by atoms with Crippen molar-refractivity contribution in [3.8, 4) is 11.1 Å². The van der Waals surface area contributed by atoms with Crippen LogP contribution in [0.3, 0.4) is 0 Å². The summed E-state index contributed by atoms with van der Waals surface area (Å²) in [7, 11) is 0. The number of carbonyl (C=O) groups excluding carboxylic acids is 2. The molecule has 1 aliphatic carbocycles. The molecule has 1 fully saturated rings. The van der Waals surface area contributed by atoms with Gasteiger partial charge in [-0.15, -0.1) is 0 Å². The smallest absolute Gasteiger partial charge is 0.409 e. The molecule has 0 saturated carbocycles. The van der Waals surface area contributed by atoms with Gasteiger partial charge in [-0.2, -0.15) is 0 Å². The second-order valence-corrected chi connectivity index (χ2v) is 7.29. The predicted molar refractivity (Wildman–Crippen MR) is 105 cm³/mol. The largest absolute Gasteiger partial charge is 0.448 e. The first-order chi connectivity index (χ1) is 13.6. The number of amides is 2. The van der Waals surface area contributed by atoms with E-state index in [-0.39, 0.29) is 17.9 Å². The van der Waals surface area contributed by atoms with Gasteiger partial charge < -0.3 is 19.6 Å². The Morgan fingerprint density at radius 1 is 0.964 bits per heavy atom. The van der Waals surface area contributed by atoms with Gasteiger partial charge in [-0.1, -0.05) is 48.5 Å². The quantitative estimate of drug-likeness (QED) is 0.888. The van der Waals surface area contributed by atoms with Gasteiger partial charge in [0.1, 0.15) is 12.7 Å². The highest BCUT2D eigenvalue weighted by atomic mass is 16.6. The summed E-state index contributed by atoms with van der Waals surface area (Å²) in [6.45, 7) is 3.39. The lowest BCUT2D eigenvalue weighted by atomic mass is 9.98. The number of rotatable bonds is 3. The molecular formula is C22H24N2O4. The summed E-state index contributed by atoms with van der Waals surface area (Å²) in [6.07, 6.45) is -1.37. The normalized spacial score (nSPS) is 17.1. The summed E-state index contributed by atoms with van der Waals surface area (Å²) in [4.78, 5) is 27.6. The SMILES string of the molecule is CC(O)C(=O)N1CCN(C(=O)OCC2c3ccccc3-c3ccccc32)CC1. The van der Waals surface area contributed by atoms with E-state index >= 15 is 0 Å². The molecule has 6 nitrogen and oxygen atoms in total. The maximum absolute atomic E-state index is 12.5. The van der Waals surface area contributed by atoms with Gasteiger partial charge in [-0.05, 0) is 29.2 Å². The summed E-state index contributed by atoms with van der Waals surface area (Å²) >= 11 is 0. The zero-order valence-corrected chi connectivity index (χ0v) is 15.9. The van der Waals surface area contributed by atoms with Gasteiger partial charge in [-0.25, -0.2) is 4.79 Å². The van der Waals surface area contributed by atoms with Crippen LogP contribution in [0.1, 0.15) is 24.0 Å². The number of carbonyl (C=O) groups is 2. The fraction of sp³-hybridized carbons (Fsp3) is 0.364. The predicted octanol–water partition coefficient (Wildman–Crippen LogP) is 2.46. The van der Waals surface area contributed by atoms with E-state index in [1.54, 1.807) is 9.80 Å². The number of aliphatic hydroxyl groups is 1. The highest BCUT2D eigenvalue weighted by Crippen LogP contribution is 2.44. The van der Waals surface area contributed by atoms with Crippen molar-refractivity contribution in [1.82, 2.24) is 9.80 Å². The number of piperazine rings is 1. The van der Waals surface area contributed by atoms with Crippen molar-refractivity contribution in [2.45, 2.75) is 18.9 Å². The molecule has 2 aromatic rings. The minimum atomic E-state index is -1.01. The zero-order chi connectivity index (χ0) is 19.7. The van der Waals surface area contributed by atoms with Gasteiger partial charge in [0.2, 0.25) is 0 Å². The van der Waals surface area contributed by atoms with Gasteiger partial charge in [0.05, 0.1) is 0 Å². The van der Waals surface area contributed by atoms with Crippen LogP contribution in [-0.2, 0) is 9.53 Å². The third-order valence-corrected chi connectivity index (χ3v) is 5.54.